The van der Waals surface area contributed by atoms with Crippen molar-refractivity contribution < 1.29 is 9.59 Å². The number of piperidine rings is 1. The number of carbonyl (C=O) groups excluding carboxylic acids is 2. The number of carbonyl (C=O) groups is 2. The normalized spacial score (nSPS) is 21.7. The number of primary amides is 1. The largest absolute Gasteiger partial charge is 0.369 e. The maximum Gasteiger partial charge on any atom is 0.253 e. The summed E-state index contributed by atoms with van der Waals surface area (Å²) in [5.74, 6) is -0.501. The average molecular weight is 287 g/mol. The zero-order valence-corrected chi connectivity index (χ0v) is 12.1. The van der Waals surface area contributed by atoms with E-state index in [1.54, 1.807) is 4.90 Å². The fourth-order valence-electron chi connectivity index (χ4n) is 3.19. The van der Waals surface area contributed by atoms with Gasteiger partial charge in [-0.1, -0.05) is 6.07 Å². The summed E-state index contributed by atoms with van der Waals surface area (Å²) >= 11 is 0. The summed E-state index contributed by atoms with van der Waals surface area (Å²) < 4.78 is 0. The van der Waals surface area contributed by atoms with Crippen LogP contribution < -0.4 is 11.1 Å². The van der Waals surface area contributed by atoms with Crippen LogP contribution in [0.4, 0.5) is 0 Å². The van der Waals surface area contributed by atoms with Crippen LogP contribution in [0, 0.1) is 5.92 Å². The second kappa shape index (κ2) is 5.85. The van der Waals surface area contributed by atoms with E-state index in [-0.39, 0.29) is 17.7 Å². The van der Waals surface area contributed by atoms with Gasteiger partial charge in [0.05, 0.1) is 5.92 Å². The van der Waals surface area contributed by atoms with Gasteiger partial charge in [-0.15, -0.1) is 0 Å². The van der Waals surface area contributed by atoms with E-state index in [1.807, 2.05) is 12.1 Å². The van der Waals surface area contributed by atoms with Crippen molar-refractivity contribution in [3.05, 3.63) is 34.9 Å². The molecule has 1 unspecified atom stereocenters. The minimum absolute atomic E-state index is 0.00863. The van der Waals surface area contributed by atoms with Gasteiger partial charge in [0.15, 0.2) is 0 Å². The third-order valence-electron chi connectivity index (χ3n) is 4.45. The topological polar surface area (TPSA) is 75.4 Å². The number of hydrogen-bond acceptors (Lipinski definition) is 3. The molecule has 0 aliphatic carbocycles. The number of fused-ring (bicyclic) bond motifs is 1. The van der Waals surface area contributed by atoms with Gasteiger partial charge in [0.2, 0.25) is 5.91 Å². The predicted molar refractivity (Wildman–Crippen MR) is 79.7 cm³/mol. The van der Waals surface area contributed by atoms with Gasteiger partial charge >= 0.3 is 0 Å². The van der Waals surface area contributed by atoms with Gasteiger partial charge in [-0.2, -0.15) is 0 Å². The maximum atomic E-state index is 12.6. The molecule has 0 radical (unpaired) electrons. The number of benzene rings is 1. The highest BCUT2D eigenvalue weighted by Crippen LogP contribution is 2.21. The van der Waals surface area contributed by atoms with Gasteiger partial charge in [-0.3, -0.25) is 9.59 Å². The summed E-state index contributed by atoms with van der Waals surface area (Å²) in [6.45, 7) is 2.97. The van der Waals surface area contributed by atoms with Crippen molar-refractivity contribution in [3.8, 4) is 0 Å². The van der Waals surface area contributed by atoms with Crippen LogP contribution in [-0.4, -0.2) is 36.3 Å². The van der Waals surface area contributed by atoms with Crippen molar-refractivity contribution in [1.82, 2.24) is 10.2 Å². The zero-order chi connectivity index (χ0) is 14.8. The first-order valence-corrected chi connectivity index (χ1v) is 7.56. The van der Waals surface area contributed by atoms with E-state index < -0.39 is 0 Å². The first-order chi connectivity index (χ1) is 10.1. The Labute approximate surface area is 124 Å². The maximum absolute atomic E-state index is 12.6. The van der Waals surface area contributed by atoms with Gasteiger partial charge in [0.25, 0.3) is 5.91 Å². The molecule has 2 aliphatic rings. The lowest BCUT2D eigenvalue weighted by Crippen LogP contribution is -2.44. The highest BCUT2D eigenvalue weighted by molar-refractivity contribution is 5.95. The second-order valence-electron chi connectivity index (χ2n) is 5.90. The number of amides is 2. The minimum Gasteiger partial charge on any atom is -0.369 e. The quantitative estimate of drug-likeness (QED) is 0.839. The monoisotopic (exact) mass is 287 g/mol. The first-order valence-electron chi connectivity index (χ1n) is 7.56. The van der Waals surface area contributed by atoms with E-state index in [4.69, 9.17) is 5.73 Å². The molecule has 5 heteroatoms. The van der Waals surface area contributed by atoms with Crippen LogP contribution in [0.25, 0.3) is 0 Å². The van der Waals surface area contributed by atoms with Crippen LogP contribution in [0.1, 0.15) is 34.3 Å². The molecule has 1 atom stereocenters. The molecular formula is C16H21N3O2. The molecule has 1 saturated heterocycles. The van der Waals surface area contributed by atoms with Crippen LogP contribution >= 0.6 is 0 Å². The summed E-state index contributed by atoms with van der Waals surface area (Å²) in [4.78, 5) is 25.7. The van der Waals surface area contributed by atoms with Gasteiger partial charge in [0, 0.05) is 25.2 Å². The SMILES string of the molecule is NC(=O)C1CCCN(C(=O)c2ccc3c(c2)CNCC3)C1. The second-order valence-corrected chi connectivity index (χ2v) is 5.90. The van der Waals surface area contributed by atoms with E-state index in [9.17, 15) is 9.59 Å². The summed E-state index contributed by atoms with van der Waals surface area (Å²) in [5.41, 5.74) is 8.61. The van der Waals surface area contributed by atoms with E-state index in [2.05, 4.69) is 11.4 Å². The summed E-state index contributed by atoms with van der Waals surface area (Å²) in [5, 5.41) is 3.32. The molecule has 2 heterocycles. The molecule has 0 saturated carbocycles. The van der Waals surface area contributed by atoms with Crippen molar-refractivity contribution in [2.45, 2.75) is 25.8 Å². The van der Waals surface area contributed by atoms with Gasteiger partial charge in [0.1, 0.15) is 0 Å². The molecular weight excluding hydrogens is 266 g/mol. The molecule has 112 valence electrons. The molecule has 0 bridgehead atoms. The Morgan fingerprint density at radius 3 is 2.95 bits per heavy atom. The van der Waals surface area contributed by atoms with Gasteiger partial charge in [-0.05, 0) is 49.1 Å². The number of likely N-dealkylation sites (tertiary alicyclic amines) is 1. The molecule has 2 aliphatic heterocycles. The molecule has 5 nitrogen and oxygen atoms in total. The Hall–Kier alpha value is -1.88. The molecule has 0 spiro atoms. The van der Waals surface area contributed by atoms with Crippen molar-refractivity contribution in [3.63, 3.8) is 0 Å². The summed E-state index contributed by atoms with van der Waals surface area (Å²) in [6.07, 6.45) is 2.64. The Morgan fingerprint density at radius 2 is 2.14 bits per heavy atom. The lowest BCUT2D eigenvalue weighted by atomic mass is 9.95. The Morgan fingerprint density at radius 1 is 1.29 bits per heavy atom. The van der Waals surface area contributed by atoms with Crippen molar-refractivity contribution in [1.29, 1.82) is 0 Å². The zero-order valence-electron chi connectivity index (χ0n) is 12.1. The molecule has 1 aromatic rings. The van der Waals surface area contributed by atoms with Crippen molar-refractivity contribution >= 4 is 11.8 Å². The third kappa shape index (κ3) is 2.93. The highest BCUT2D eigenvalue weighted by atomic mass is 16.2. The Balaban J connectivity index is 1.77. The molecule has 3 N–H and O–H groups in total. The lowest BCUT2D eigenvalue weighted by Gasteiger charge is -2.31. The van der Waals surface area contributed by atoms with E-state index in [1.165, 1.54) is 11.1 Å². The number of nitrogens with zero attached hydrogens (tertiary/aromatic N) is 1. The van der Waals surface area contributed by atoms with Crippen LogP contribution in [0.2, 0.25) is 0 Å². The Kier molecular flexibility index (Phi) is 3.92. The summed E-state index contributed by atoms with van der Waals surface area (Å²) in [7, 11) is 0. The number of hydrogen-bond donors (Lipinski definition) is 2. The predicted octanol–water partition coefficient (Wildman–Crippen LogP) is 0.670. The van der Waals surface area contributed by atoms with Crippen molar-refractivity contribution in [2.24, 2.45) is 11.7 Å². The smallest absolute Gasteiger partial charge is 0.253 e. The third-order valence-corrected chi connectivity index (χ3v) is 4.45. The fraction of sp³-hybridized carbons (Fsp3) is 0.500. The average Bonchev–Trinajstić information content (AvgIpc) is 2.53. The molecule has 3 rings (SSSR count). The van der Waals surface area contributed by atoms with Crippen molar-refractivity contribution in [2.75, 3.05) is 19.6 Å². The highest BCUT2D eigenvalue weighted by Gasteiger charge is 2.27. The number of rotatable bonds is 2. The van der Waals surface area contributed by atoms with Gasteiger partial charge in [-0.25, -0.2) is 0 Å². The van der Waals surface area contributed by atoms with Crippen LogP contribution in [-0.2, 0) is 17.8 Å². The van der Waals surface area contributed by atoms with E-state index in [0.29, 0.717) is 18.7 Å². The summed E-state index contributed by atoms with van der Waals surface area (Å²) in [6, 6.07) is 5.94. The number of nitrogens with two attached hydrogens (primary N) is 1. The minimum atomic E-state index is -0.304. The van der Waals surface area contributed by atoms with Crippen LogP contribution in [0.15, 0.2) is 18.2 Å². The van der Waals surface area contributed by atoms with Gasteiger partial charge < -0.3 is 16.0 Å². The van der Waals surface area contributed by atoms with E-state index in [0.717, 1.165) is 32.4 Å². The first kappa shape index (κ1) is 14.1. The standard InChI is InChI=1S/C16H21N3O2/c17-15(20)13-2-1-7-19(10-13)16(21)12-4-3-11-5-6-18-9-14(11)8-12/h3-4,8,13,18H,1-2,5-7,9-10H2,(H2,17,20). The molecule has 1 fully saturated rings. The molecule has 0 aromatic heterocycles. The van der Waals surface area contributed by atoms with E-state index >= 15 is 0 Å². The number of nitrogens with one attached hydrogen (secondary N) is 1. The molecule has 1 aromatic carbocycles. The molecule has 21 heavy (non-hydrogen) atoms. The van der Waals surface area contributed by atoms with Crippen LogP contribution in [0.5, 0.6) is 0 Å². The fourth-order valence-corrected chi connectivity index (χ4v) is 3.19. The Bertz CT molecular complexity index is 571. The van der Waals surface area contributed by atoms with Crippen LogP contribution in [0.3, 0.4) is 0 Å². The lowest BCUT2D eigenvalue weighted by molar-refractivity contribution is -0.123. The molecule has 2 amide bonds.